The first-order valence-electron chi connectivity index (χ1n) is 14.7. The number of hydrogen-bond acceptors (Lipinski definition) is 4. The first-order valence-corrected chi connectivity index (χ1v) is 15.5. The molecule has 0 unspecified atom stereocenters. The van der Waals surface area contributed by atoms with E-state index in [1.807, 2.05) is 36.5 Å². The molecule has 1 saturated carbocycles. The number of benzene rings is 3. The number of nitrogens with zero attached hydrogens (tertiary/aromatic N) is 4. The maximum Gasteiger partial charge on any atom is 0.151 e. The lowest BCUT2D eigenvalue weighted by atomic mass is 9.84. The van der Waals surface area contributed by atoms with Crippen LogP contribution in [0.5, 0.6) is 0 Å². The fourth-order valence-electron chi connectivity index (χ4n) is 6.49. The van der Waals surface area contributed by atoms with Crippen LogP contribution in [0.25, 0.3) is 10.9 Å². The zero-order chi connectivity index (χ0) is 28.6. The Kier molecular flexibility index (Phi) is 7.57. The molecule has 7 rings (SSSR count). The summed E-state index contributed by atoms with van der Waals surface area (Å²) in [6, 6.07) is 25.6. The van der Waals surface area contributed by atoms with Crippen LogP contribution >= 0.6 is 23.2 Å². The van der Waals surface area contributed by atoms with Crippen LogP contribution in [0.4, 0.5) is 0 Å². The van der Waals surface area contributed by atoms with Gasteiger partial charge in [-0.1, -0.05) is 53.5 Å². The molecule has 2 aliphatic rings. The highest BCUT2D eigenvalue weighted by Gasteiger charge is 2.33. The smallest absolute Gasteiger partial charge is 0.151 e. The number of hydrogen-bond donors (Lipinski definition) is 0. The minimum Gasteiger partial charge on any atom is -0.299 e. The molecule has 0 spiro atoms. The van der Waals surface area contributed by atoms with E-state index in [2.05, 4.69) is 57.0 Å². The Labute approximate surface area is 256 Å². The summed E-state index contributed by atoms with van der Waals surface area (Å²) in [6.07, 6.45) is 8.91. The first-order chi connectivity index (χ1) is 20.6. The number of rotatable bonds is 8. The molecule has 3 heterocycles. The Morgan fingerprint density at radius 2 is 1.45 bits per heavy atom. The van der Waals surface area contributed by atoms with E-state index in [9.17, 15) is 4.79 Å². The summed E-state index contributed by atoms with van der Waals surface area (Å²) < 4.78 is 2.35. The monoisotopic (exact) mass is 594 g/mol. The number of aldehydes is 1. The van der Waals surface area contributed by atoms with Gasteiger partial charge in [0.25, 0.3) is 0 Å². The number of piperidine rings is 1. The van der Waals surface area contributed by atoms with Gasteiger partial charge in [-0.2, -0.15) is 5.10 Å². The molecule has 0 atom stereocenters. The summed E-state index contributed by atoms with van der Waals surface area (Å²) >= 11 is 12.5. The number of fused-ring (bicyclic) bond motifs is 1. The standard InChI is InChI=1S/C35H32Cl2N4O/c36-29-6-1-25(2-7-29)34(26-3-8-30(37)9-4-26)28-5-12-33-32(18-28)35(41(39-33)31-10-11-31)27-13-15-40(16-14-27)21-23-17-24(22-42)20-38-19-23/h1-9,12,17-20,22,27,31,34H,10-11,13-16,21H2. The average Bonchev–Trinajstić information content (AvgIpc) is 3.80. The largest absolute Gasteiger partial charge is 0.299 e. The van der Waals surface area contributed by atoms with E-state index >= 15 is 0 Å². The molecule has 42 heavy (non-hydrogen) atoms. The molecule has 7 heteroatoms. The third kappa shape index (κ3) is 5.61. The van der Waals surface area contributed by atoms with E-state index in [1.54, 1.807) is 6.20 Å². The zero-order valence-electron chi connectivity index (χ0n) is 23.3. The van der Waals surface area contributed by atoms with Crippen molar-refractivity contribution in [1.29, 1.82) is 0 Å². The second-order valence-corrected chi connectivity index (χ2v) is 12.5. The van der Waals surface area contributed by atoms with Gasteiger partial charge in [0.1, 0.15) is 0 Å². The van der Waals surface area contributed by atoms with Gasteiger partial charge in [-0.15, -0.1) is 0 Å². The Balaban J connectivity index is 1.22. The lowest BCUT2D eigenvalue weighted by Crippen LogP contribution is -2.33. The maximum atomic E-state index is 11.2. The van der Waals surface area contributed by atoms with Gasteiger partial charge in [0, 0.05) is 57.5 Å². The third-order valence-electron chi connectivity index (χ3n) is 8.72. The van der Waals surface area contributed by atoms with Gasteiger partial charge in [-0.05, 0) is 103 Å². The van der Waals surface area contributed by atoms with E-state index in [0.717, 1.165) is 59.9 Å². The molecular weight excluding hydrogens is 563 g/mol. The lowest BCUT2D eigenvalue weighted by Gasteiger charge is -2.32. The molecule has 0 amide bonds. The van der Waals surface area contributed by atoms with Crippen molar-refractivity contribution < 1.29 is 4.79 Å². The summed E-state index contributed by atoms with van der Waals surface area (Å²) in [6.45, 7) is 2.83. The van der Waals surface area contributed by atoms with E-state index in [1.165, 1.54) is 40.6 Å². The van der Waals surface area contributed by atoms with Crippen LogP contribution in [0.3, 0.4) is 0 Å². The summed E-state index contributed by atoms with van der Waals surface area (Å²) in [4.78, 5) is 17.9. The van der Waals surface area contributed by atoms with E-state index in [0.29, 0.717) is 17.5 Å². The minimum absolute atomic E-state index is 0.0543. The lowest BCUT2D eigenvalue weighted by molar-refractivity contribution is 0.112. The van der Waals surface area contributed by atoms with Crippen molar-refractivity contribution >= 4 is 40.4 Å². The summed E-state index contributed by atoms with van der Waals surface area (Å²) in [5.41, 5.74) is 7.82. The normalized spacial score (nSPS) is 16.4. The SMILES string of the molecule is O=Cc1cncc(CN2CCC(c3c4cc(C(c5ccc(Cl)cc5)c5ccc(Cl)cc5)ccc4nn3C3CC3)CC2)c1. The number of aromatic nitrogens is 3. The molecular formula is C35H32Cl2N4O. The fraction of sp³-hybridized carbons (Fsp3) is 0.286. The Bertz CT molecular complexity index is 1670. The van der Waals surface area contributed by atoms with Crippen molar-refractivity contribution in [3.05, 3.63) is 129 Å². The van der Waals surface area contributed by atoms with Crippen LogP contribution in [-0.2, 0) is 6.54 Å². The molecule has 0 bridgehead atoms. The zero-order valence-corrected chi connectivity index (χ0v) is 24.8. The second kappa shape index (κ2) is 11.6. The third-order valence-corrected chi connectivity index (χ3v) is 9.23. The van der Waals surface area contributed by atoms with Gasteiger partial charge in [0.2, 0.25) is 0 Å². The molecule has 0 radical (unpaired) electrons. The van der Waals surface area contributed by atoms with Gasteiger partial charge in [0.15, 0.2) is 6.29 Å². The molecule has 0 N–H and O–H groups in total. The van der Waals surface area contributed by atoms with Crippen molar-refractivity contribution in [3.63, 3.8) is 0 Å². The second-order valence-electron chi connectivity index (χ2n) is 11.7. The molecule has 3 aromatic carbocycles. The van der Waals surface area contributed by atoms with Crippen molar-refractivity contribution in [2.45, 2.75) is 50.1 Å². The van der Waals surface area contributed by atoms with Gasteiger partial charge in [-0.3, -0.25) is 19.4 Å². The Hall–Kier alpha value is -3.51. The number of halogens is 2. The molecule has 2 fully saturated rings. The van der Waals surface area contributed by atoms with Crippen LogP contribution in [0.15, 0.2) is 85.2 Å². The minimum atomic E-state index is 0.0543. The molecule has 1 aliphatic carbocycles. The Morgan fingerprint density at radius 1 is 0.810 bits per heavy atom. The predicted octanol–water partition coefficient (Wildman–Crippen LogP) is 8.45. The van der Waals surface area contributed by atoms with Gasteiger partial charge >= 0.3 is 0 Å². The number of likely N-dealkylation sites (tertiary alicyclic amines) is 1. The van der Waals surface area contributed by atoms with Gasteiger partial charge < -0.3 is 0 Å². The molecule has 1 aliphatic heterocycles. The first kappa shape index (κ1) is 27.3. The number of pyridine rings is 1. The fourth-order valence-corrected chi connectivity index (χ4v) is 6.74. The van der Waals surface area contributed by atoms with E-state index < -0.39 is 0 Å². The summed E-state index contributed by atoms with van der Waals surface area (Å²) in [5, 5.41) is 7.89. The topological polar surface area (TPSA) is 51.0 Å². The van der Waals surface area contributed by atoms with Crippen molar-refractivity contribution in [2.24, 2.45) is 0 Å². The summed E-state index contributed by atoms with van der Waals surface area (Å²) in [5.74, 6) is 0.504. The molecule has 212 valence electrons. The maximum absolute atomic E-state index is 11.2. The Morgan fingerprint density at radius 3 is 2.07 bits per heavy atom. The highest BCUT2D eigenvalue weighted by molar-refractivity contribution is 6.30. The van der Waals surface area contributed by atoms with E-state index in [-0.39, 0.29) is 5.92 Å². The van der Waals surface area contributed by atoms with Gasteiger partial charge in [-0.25, -0.2) is 0 Å². The molecule has 5 aromatic rings. The van der Waals surface area contributed by atoms with Crippen molar-refractivity contribution in [2.75, 3.05) is 13.1 Å². The van der Waals surface area contributed by atoms with Crippen LogP contribution in [0.2, 0.25) is 10.0 Å². The predicted molar refractivity (Wildman–Crippen MR) is 169 cm³/mol. The molecule has 5 nitrogen and oxygen atoms in total. The van der Waals surface area contributed by atoms with Crippen LogP contribution in [0, 0.1) is 0 Å². The van der Waals surface area contributed by atoms with E-state index in [4.69, 9.17) is 28.3 Å². The highest BCUT2D eigenvalue weighted by Crippen LogP contribution is 2.43. The quantitative estimate of drug-likeness (QED) is 0.133. The van der Waals surface area contributed by atoms with Crippen molar-refractivity contribution in [1.82, 2.24) is 19.7 Å². The molecule has 2 aromatic heterocycles. The molecule has 1 saturated heterocycles. The number of carbonyl (C=O) groups is 1. The highest BCUT2D eigenvalue weighted by atomic mass is 35.5. The number of carbonyl (C=O) groups excluding carboxylic acids is 1. The average molecular weight is 596 g/mol. The van der Waals surface area contributed by atoms with Crippen LogP contribution in [-0.4, -0.2) is 39.0 Å². The van der Waals surface area contributed by atoms with Crippen LogP contribution in [0.1, 0.15) is 81.9 Å². The van der Waals surface area contributed by atoms with Crippen LogP contribution < -0.4 is 0 Å². The van der Waals surface area contributed by atoms with Gasteiger partial charge in [0.05, 0.1) is 11.6 Å². The summed E-state index contributed by atoms with van der Waals surface area (Å²) in [7, 11) is 0. The van der Waals surface area contributed by atoms with Crippen molar-refractivity contribution in [3.8, 4) is 0 Å².